The summed E-state index contributed by atoms with van der Waals surface area (Å²) >= 11 is 7.76. The molecule has 0 aliphatic carbocycles. The van der Waals surface area contributed by atoms with Crippen LogP contribution in [-0.2, 0) is 17.8 Å². The van der Waals surface area contributed by atoms with E-state index in [-0.39, 0.29) is 12.3 Å². The van der Waals surface area contributed by atoms with E-state index in [1.807, 2.05) is 49.4 Å². The standard InChI is InChI=1S/C23H20ClN3O2S/c1-15-6-8-16(9-7-15)13-20(28)27(14-17-5-3-4-12-25-17)23-26-21-19(29-2)11-10-18(24)22(21)30-23/h3-12H,13-14H2,1-2H3. The van der Waals surface area contributed by atoms with Crippen molar-refractivity contribution in [2.24, 2.45) is 0 Å². The topological polar surface area (TPSA) is 55.3 Å². The zero-order chi connectivity index (χ0) is 21.1. The summed E-state index contributed by atoms with van der Waals surface area (Å²) < 4.78 is 6.22. The van der Waals surface area contributed by atoms with Crippen LogP contribution in [0.1, 0.15) is 16.8 Å². The summed E-state index contributed by atoms with van der Waals surface area (Å²) in [4.78, 5) is 24.1. The molecule has 4 rings (SSSR count). The number of thiazole rings is 1. The van der Waals surface area contributed by atoms with Gasteiger partial charge in [-0.25, -0.2) is 4.98 Å². The lowest BCUT2D eigenvalue weighted by atomic mass is 10.1. The van der Waals surface area contributed by atoms with E-state index in [1.165, 1.54) is 11.3 Å². The molecule has 0 radical (unpaired) electrons. The van der Waals surface area contributed by atoms with Gasteiger partial charge in [-0.3, -0.25) is 14.7 Å². The van der Waals surface area contributed by atoms with E-state index >= 15 is 0 Å². The maximum absolute atomic E-state index is 13.3. The van der Waals surface area contributed by atoms with Crippen molar-refractivity contribution >= 4 is 44.2 Å². The van der Waals surface area contributed by atoms with Crippen molar-refractivity contribution in [2.45, 2.75) is 19.9 Å². The molecule has 1 amide bonds. The van der Waals surface area contributed by atoms with Crippen LogP contribution in [0.25, 0.3) is 10.2 Å². The lowest BCUT2D eigenvalue weighted by Crippen LogP contribution is -2.32. The van der Waals surface area contributed by atoms with Gasteiger partial charge in [0.25, 0.3) is 0 Å². The van der Waals surface area contributed by atoms with Gasteiger partial charge in [-0.15, -0.1) is 0 Å². The first kappa shape index (κ1) is 20.3. The third kappa shape index (κ3) is 4.30. The molecular formula is C23H20ClN3O2S. The molecule has 0 aliphatic heterocycles. The molecule has 7 heteroatoms. The average molecular weight is 438 g/mol. The number of halogens is 1. The van der Waals surface area contributed by atoms with Gasteiger partial charge in [0.15, 0.2) is 5.13 Å². The SMILES string of the molecule is COc1ccc(Cl)c2sc(N(Cc3ccccn3)C(=O)Cc3ccc(C)cc3)nc12. The van der Waals surface area contributed by atoms with Crippen LogP contribution in [0.4, 0.5) is 5.13 Å². The Bertz CT molecular complexity index is 1180. The van der Waals surface area contributed by atoms with E-state index in [0.717, 1.165) is 21.5 Å². The van der Waals surface area contributed by atoms with Gasteiger partial charge in [-0.05, 0) is 36.8 Å². The number of fused-ring (bicyclic) bond motifs is 1. The number of carbonyl (C=O) groups is 1. The molecule has 0 saturated carbocycles. The number of rotatable bonds is 6. The van der Waals surface area contributed by atoms with Crippen LogP contribution >= 0.6 is 22.9 Å². The first-order valence-electron chi connectivity index (χ1n) is 9.44. The number of carbonyl (C=O) groups excluding carboxylic acids is 1. The number of benzene rings is 2. The van der Waals surface area contributed by atoms with Gasteiger partial charge < -0.3 is 4.74 Å². The van der Waals surface area contributed by atoms with Crippen molar-refractivity contribution in [1.29, 1.82) is 0 Å². The van der Waals surface area contributed by atoms with E-state index in [2.05, 4.69) is 4.98 Å². The van der Waals surface area contributed by atoms with Crippen molar-refractivity contribution in [3.8, 4) is 5.75 Å². The lowest BCUT2D eigenvalue weighted by Gasteiger charge is -2.19. The highest BCUT2D eigenvalue weighted by Gasteiger charge is 2.23. The zero-order valence-electron chi connectivity index (χ0n) is 16.6. The number of methoxy groups -OCH3 is 1. The minimum atomic E-state index is -0.0568. The van der Waals surface area contributed by atoms with Crippen LogP contribution in [0.15, 0.2) is 60.8 Å². The summed E-state index contributed by atoms with van der Waals surface area (Å²) in [6.45, 7) is 2.35. The predicted octanol–water partition coefficient (Wildman–Crippen LogP) is 5.44. The number of hydrogen-bond donors (Lipinski definition) is 0. The summed E-state index contributed by atoms with van der Waals surface area (Å²) in [7, 11) is 1.59. The molecule has 0 atom stereocenters. The second-order valence-corrected chi connectivity index (χ2v) is 8.27. The molecule has 0 N–H and O–H groups in total. The summed E-state index contributed by atoms with van der Waals surface area (Å²) in [6, 6.07) is 17.2. The molecule has 2 aromatic heterocycles. The molecule has 2 heterocycles. The van der Waals surface area contributed by atoms with E-state index in [1.54, 1.807) is 30.3 Å². The summed E-state index contributed by atoms with van der Waals surface area (Å²) in [5.74, 6) is 0.569. The molecule has 0 fully saturated rings. The molecule has 4 aromatic rings. The Kier molecular flexibility index (Phi) is 5.97. The van der Waals surface area contributed by atoms with Crippen LogP contribution in [0.5, 0.6) is 5.75 Å². The smallest absolute Gasteiger partial charge is 0.233 e. The van der Waals surface area contributed by atoms with Gasteiger partial charge in [-0.2, -0.15) is 0 Å². The normalized spacial score (nSPS) is 10.9. The minimum Gasteiger partial charge on any atom is -0.494 e. The molecule has 0 bridgehead atoms. The molecule has 0 saturated heterocycles. The first-order chi connectivity index (χ1) is 14.5. The number of aromatic nitrogens is 2. The van der Waals surface area contributed by atoms with Gasteiger partial charge in [0.05, 0.1) is 35.5 Å². The van der Waals surface area contributed by atoms with Crippen LogP contribution in [0.3, 0.4) is 0 Å². The fraction of sp³-hybridized carbons (Fsp3) is 0.174. The number of aryl methyl sites for hydroxylation is 1. The highest BCUT2D eigenvalue weighted by Crippen LogP contribution is 2.39. The number of hydrogen-bond acceptors (Lipinski definition) is 5. The first-order valence-corrected chi connectivity index (χ1v) is 10.6. The van der Waals surface area contributed by atoms with Gasteiger partial charge in [-0.1, -0.05) is 58.8 Å². The maximum Gasteiger partial charge on any atom is 0.233 e. The summed E-state index contributed by atoms with van der Waals surface area (Å²) in [5, 5.41) is 1.15. The van der Waals surface area contributed by atoms with Gasteiger partial charge in [0.1, 0.15) is 11.3 Å². The molecule has 5 nitrogen and oxygen atoms in total. The number of pyridine rings is 1. The predicted molar refractivity (Wildman–Crippen MR) is 121 cm³/mol. The fourth-order valence-electron chi connectivity index (χ4n) is 3.11. The van der Waals surface area contributed by atoms with E-state index in [4.69, 9.17) is 21.3 Å². The number of amides is 1. The largest absolute Gasteiger partial charge is 0.494 e. The highest BCUT2D eigenvalue weighted by atomic mass is 35.5. The second-order valence-electron chi connectivity index (χ2n) is 6.89. The summed E-state index contributed by atoms with van der Waals surface area (Å²) in [6.07, 6.45) is 1.99. The quantitative estimate of drug-likeness (QED) is 0.403. The van der Waals surface area contributed by atoms with Crippen LogP contribution < -0.4 is 9.64 Å². The Morgan fingerprint density at radius 3 is 2.63 bits per heavy atom. The monoisotopic (exact) mass is 437 g/mol. The third-order valence-corrected chi connectivity index (χ3v) is 6.26. The molecule has 0 aliphatic rings. The maximum atomic E-state index is 13.3. The summed E-state index contributed by atoms with van der Waals surface area (Å²) in [5.41, 5.74) is 3.55. The lowest BCUT2D eigenvalue weighted by molar-refractivity contribution is -0.118. The molecular weight excluding hydrogens is 418 g/mol. The van der Waals surface area contributed by atoms with Crippen molar-refractivity contribution < 1.29 is 9.53 Å². The van der Waals surface area contributed by atoms with E-state index < -0.39 is 0 Å². The number of ether oxygens (including phenoxy) is 1. The highest BCUT2D eigenvalue weighted by molar-refractivity contribution is 7.23. The average Bonchev–Trinajstić information content (AvgIpc) is 3.21. The van der Waals surface area contributed by atoms with Gasteiger partial charge in [0.2, 0.25) is 5.91 Å². The van der Waals surface area contributed by atoms with Crippen LogP contribution in [0.2, 0.25) is 5.02 Å². The molecule has 2 aromatic carbocycles. The van der Waals surface area contributed by atoms with Crippen molar-refractivity contribution in [3.05, 3.63) is 82.6 Å². The molecule has 0 spiro atoms. The number of nitrogens with zero attached hydrogens (tertiary/aromatic N) is 3. The minimum absolute atomic E-state index is 0.0568. The van der Waals surface area contributed by atoms with E-state index in [9.17, 15) is 4.79 Å². The Balaban J connectivity index is 1.73. The Morgan fingerprint density at radius 1 is 1.13 bits per heavy atom. The molecule has 30 heavy (non-hydrogen) atoms. The van der Waals surface area contributed by atoms with Crippen LogP contribution in [-0.4, -0.2) is 23.0 Å². The second kappa shape index (κ2) is 8.81. The zero-order valence-corrected chi connectivity index (χ0v) is 18.2. The Morgan fingerprint density at radius 2 is 1.93 bits per heavy atom. The van der Waals surface area contributed by atoms with Crippen LogP contribution in [0, 0.1) is 6.92 Å². The number of anilines is 1. The molecule has 152 valence electrons. The van der Waals surface area contributed by atoms with Crippen molar-refractivity contribution in [1.82, 2.24) is 9.97 Å². The fourth-order valence-corrected chi connectivity index (χ4v) is 4.39. The van der Waals surface area contributed by atoms with Gasteiger partial charge in [0, 0.05) is 6.20 Å². The van der Waals surface area contributed by atoms with Crippen molar-refractivity contribution in [3.63, 3.8) is 0 Å². The van der Waals surface area contributed by atoms with E-state index in [0.29, 0.717) is 28.0 Å². The van der Waals surface area contributed by atoms with Gasteiger partial charge >= 0.3 is 0 Å². The third-order valence-electron chi connectivity index (χ3n) is 4.72. The molecule has 0 unspecified atom stereocenters. The Labute approximate surface area is 183 Å². The Hall–Kier alpha value is -2.96. The van der Waals surface area contributed by atoms with Crippen molar-refractivity contribution in [2.75, 3.05) is 12.0 Å².